The molecule has 0 unspecified atom stereocenters. The SMILES string of the molecule is COc1ccc(/C=C2\SC(=S)N(NC(=O)c3ccc(Cl)cc3)C2=O)cc1. The van der Waals surface area contributed by atoms with Crippen molar-refractivity contribution in [1.82, 2.24) is 10.4 Å². The van der Waals surface area contributed by atoms with Crippen molar-refractivity contribution in [3.63, 3.8) is 0 Å². The van der Waals surface area contributed by atoms with Gasteiger partial charge in [-0.05, 0) is 60.3 Å². The fourth-order valence-electron chi connectivity index (χ4n) is 2.18. The van der Waals surface area contributed by atoms with Crippen LogP contribution in [-0.2, 0) is 4.79 Å². The number of nitrogens with zero attached hydrogens (tertiary/aromatic N) is 1. The molecule has 1 fully saturated rings. The topological polar surface area (TPSA) is 58.6 Å². The summed E-state index contributed by atoms with van der Waals surface area (Å²) in [6.07, 6.45) is 1.72. The van der Waals surface area contributed by atoms with Crippen LogP contribution in [-0.4, -0.2) is 28.3 Å². The molecular weight excluding hydrogens is 392 g/mol. The Bertz CT molecular complexity index is 896. The number of methoxy groups -OCH3 is 1. The summed E-state index contributed by atoms with van der Waals surface area (Å²) in [5.74, 6) is -0.0910. The summed E-state index contributed by atoms with van der Waals surface area (Å²) in [7, 11) is 1.59. The molecule has 0 spiro atoms. The van der Waals surface area contributed by atoms with E-state index in [9.17, 15) is 9.59 Å². The number of thiocarbonyl (C=S) groups is 1. The van der Waals surface area contributed by atoms with E-state index in [1.807, 2.05) is 12.1 Å². The number of hydrazine groups is 1. The van der Waals surface area contributed by atoms with Gasteiger partial charge < -0.3 is 4.74 Å². The van der Waals surface area contributed by atoms with Gasteiger partial charge in [-0.2, -0.15) is 5.01 Å². The molecule has 0 saturated carbocycles. The molecule has 0 atom stereocenters. The highest BCUT2D eigenvalue weighted by Crippen LogP contribution is 2.31. The Hall–Kier alpha value is -2.35. The molecule has 26 heavy (non-hydrogen) atoms. The van der Waals surface area contributed by atoms with Crippen LogP contribution in [0.1, 0.15) is 15.9 Å². The standard InChI is InChI=1S/C18H13ClN2O3S2/c1-24-14-8-2-11(3-9-14)10-15-17(23)21(18(25)26-15)20-16(22)12-4-6-13(19)7-5-12/h2-10H,1H3,(H,20,22)/b15-10-. The van der Waals surface area contributed by atoms with Gasteiger partial charge in [0.05, 0.1) is 12.0 Å². The predicted molar refractivity (Wildman–Crippen MR) is 107 cm³/mol. The summed E-state index contributed by atoms with van der Waals surface area (Å²) in [5, 5.41) is 1.60. The first-order chi connectivity index (χ1) is 12.5. The van der Waals surface area contributed by atoms with E-state index in [1.54, 1.807) is 49.6 Å². The monoisotopic (exact) mass is 404 g/mol. The number of ether oxygens (including phenoxy) is 1. The van der Waals surface area contributed by atoms with Gasteiger partial charge in [-0.1, -0.05) is 35.5 Å². The van der Waals surface area contributed by atoms with Crippen molar-refractivity contribution < 1.29 is 14.3 Å². The number of halogens is 1. The lowest BCUT2D eigenvalue weighted by molar-refractivity contribution is -0.123. The number of carbonyl (C=O) groups excluding carboxylic acids is 2. The highest BCUT2D eigenvalue weighted by Gasteiger charge is 2.33. The molecule has 2 aromatic rings. The molecule has 8 heteroatoms. The van der Waals surface area contributed by atoms with Crippen molar-refractivity contribution in [2.75, 3.05) is 7.11 Å². The minimum Gasteiger partial charge on any atom is -0.497 e. The molecule has 1 N–H and O–H groups in total. The molecule has 1 aliphatic rings. The zero-order valence-corrected chi connectivity index (χ0v) is 16.0. The smallest absolute Gasteiger partial charge is 0.285 e. The van der Waals surface area contributed by atoms with E-state index in [2.05, 4.69) is 5.43 Å². The second kappa shape index (κ2) is 7.90. The number of amides is 2. The first-order valence-corrected chi connectivity index (χ1v) is 9.07. The fraction of sp³-hybridized carbons (Fsp3) is 0.0556. The molecule has 1 aliphatic heterocycles. The summed E-state index contributed by atoms with van der Waals surface area (Å²) >= 11 is 12.2. The van der Waals surface area contributed by atoms with Crippen LogP contribution in [0.5, 0.6) is 5.75 Å². The normalized spacial score (nSPS) is 15.5. The Morgan fingerprint density at radius 1 is 1.19 bits per heavy atom. The molecule has 5 nitrogen and oxygen atoms in total. The van der Waals surface area contributed by atoms with Crippen molar-refractivity contribution in [2.24, 2.45) is 0 Å². The molecule has 1 heterocycles. The van der Waals surface area contributed by atoms with Crippen LogP contribution in [0.3, 0.4) is 0 Å². The number of thioether (sulfide) groups is 1. The van der Waals surface area contributed by atoms with E-state index < -0.39 is 5.91 Å². The van der Waals surface area contributed by atoms with Crippen molar-refractivity contribution >= 4 is 57.8 Å². The fourth-order valence-corrected chi connectivity index (χ4v) is 3.49. The van der Waals surface area contributed by atoms with E-state index in [1.165, 1.54) is 0 Å². The Labute approximate surface area is 164 Å². The first kappa shape index (κ1) is 18.4. The molecular formula is C18H13ClN2O3S2. The third-order valence-corrected chi connectivity index (χ3v) is 5.08. The molecule has 0 radical (unpaired) electrons. The number of benzene rings is 2. The van der Waals surface area contributed by atoms with Gasteiger partial charge >= 0.3 is 0 Å². The lowest BCUT2D eigenvalue weighted by Gasteiger charge is -2.15. The molecule has 1 saturated heterocycles. The highest BCUT2D eigenvalue weighted by atomic mass is 35.5. The molecule has 0 bridgehead atoms. The summed E-state index contributed by atoms with van der Waals surface area (Å²) in [4.78, 5) is 25.3. The van der Waals surface area contributed by atoms with Crippen LogP contribution < -0.4 is 10.2 Å². The summed E-state index contributed by atoms with van der Waals surface area (Å²) in [5.41, 5.74) is 3.73. The maximum absolute atomic E-state index is 12.6. The van der Waals surface area contributed by atoms with Gasteiger partial charge in [0.15, 0.2) is 4.32 Å². The Kier molecular flexibility index (Phi) is 5.61. The summed E-state index contributed by atoms with van der Waals surface area (Å²) < 4.78 is 5.37. The lowest BCUT2D eigenvalue weighted by Crippen LogP contribution is -2.44. The molecule has 2 aromatic carbocycles. The number of nitrogens with one attached hydrogen (secondary N) is 1. The van der Waals surface area contributed by atoms with Crippen molar-refractivity contribution in [3.05, 3.63) is 69.6 Å². The molecule has 0 aromatic heterocycles. The van der Waals surface area contributed by atoms with Gasteiger partial charge in [0.1, 0.15) is 5.75 Å². The van der Waals surface area contributed by atoms with Gasteiger partial charge in [0.25, 0.3) is 11.8 Å². The second-order valence-corrected chi connectivity index (χ2v) is 7.35. The maximum Gasteiger partial charge on any atom is 0.285 e. The average Bonchev–Trinajstić information content (AvgIpc) is 2.90. The van der Waals surface area contributed by atoms with Crippen LogP contribution in [0, 0.1) is 0 Å². The second-order valence-electron chi connectivity index (χ2n) is 5.24. The van der Waals surface area contributed by atoms with Crippen LogP contribution in [0.2, 0.25) is 5.02 Å². The Morgan fingerprint density at radius 3 is 2.46 bits per heavy atom. The number of hydrogen-bond donors (Lipinski definition) is 1. The maximum atomic E-state index is 12.6. The van der Waals surface area contributed by atoms with Gasteiger partial charge in [0, 0.05) is 10.6 Å². The van der Waals surface area contributed by atoms with Crippen molar-refractivity contribution in [1.29, 1.82) is 0 Å². The van der Waals surface area contributed by atoms with Crippen LogP contribution >= 0.6 is 35.6 Å². The van der Waals surface area contributed by atoms with E-state index in [0.717, 1.165) is 28.1 Å². The Balaban J connectivity index is 1.74. The number of hydrogen-bond acceptors (Lipinski definition) is 5. The van der Waals surface area contributed by atoms with Gasteiger partial charge in [-0.25, -0.2) is 0 Å². The predicted octanol–water partition coefficient (Wildman–Crippen LogP) is 3.89. The molecule has 132 valence electrons. The van der Waals surface area contributed by atoms with Crippen LogP contribution in [0.4, 0.5) is 0 Å². The third-order valence-electron chi connectivity index (χ3n) is 3.53. The van der Waals surface area contributed by atoms with Gasteiger partial charge in [0.2, 0.25) is 0 Å². The van der Waals surface area contributed by atoms with E-state index in [-0.39, 0.29) is 10.2 Å². The van der Waals surface area contributed by atoms with E-state index in [0.29, 0.717) is 15.5 Å². The Morgan fingerprint density at radius 2 is 1.85 bits per heavy atom. The van der Waals surface area contributed by atoms with Crippen LogP contribution in [0.25, 0.3) is 6.08 Å². The summed E-state index contributed by atoms with van der Waals surface area (Å²) in [6, 6.07) is 13.6. The lowest BCUT2D eigenvalue weighted by atomic mass is 10.2. The number of carbonyl (C=O) groups is 2. The minimum atomic E-state index is -0.441. The van der Waals surface area contributed by atoms with Gasteiger partial charge in [-0.3, -0.25) is 15.0 Å². The van der Waals surface area contributed by atoms with Gasteiger partial charge in [-0.15, -0.1) is 0 Å². The van der Waals surface area contributed by atoms with Crippen LogP contribution in [0.15, 0.2) is 53.4 Å². The molecule has 3 rings (SSSR count). The van der Waals surface area contributed by atoms with E-state index in [4.69, 9.17) is 28.6 Å². The molecule has 2 amide bonds. The number of rotatable bonds is 4. The average molecular weight is 405 g/mol. The first-order valence-electron chi connectivity index (χ1n) is 7.46. The largest absolute Gasteiger partial charge is 0.497 e. The highest BCUT2D eigenvalue weighted by molar-refractivity contribution is 8.26. The molecule has 0 aliphatic carbocycles. The summed E-state index contributed by atoms with van der Waals surface area (Å²) in [6.45, 7) is 0. The van der Waals surface area contributed by atoms with Crippen molar-refractivity contribution in [2.45, 2.75) is 0 Å². The van der Waals surface area contributed by atoms with Crippen molar-refractivity contribution in [3.8, 4) is 5.75 Å². The minimum absolute atomic E-state index is 0.261. The zero-order chi connectivity index (χ0) is 18.7. The quantitative estimate of drug-likeness (QED) is 0.618. The third kappa shape index (κ3) is 4.07. The van der Waals surface area contributed by atoms with E-state index >= 15 is 0 Å². The zero-order valence-electron chi connectivity index (χ0n) is 13.6.